The van der Waals surface area contributed by atoms with Crippen LogP contribution in [0.5, 0.6) is 0 Å². The molecule has 1 heterocycles. The van der Waals surface area contributed by atoms with Gasteiger partial charge in [0.2, 0.25) is 0 Å². The molecule has 0 bridgehead atoms. The predicted octanol–water partition coefficient (Wildman–Crippen LogP) is 2.84. The average molecular weight is 248 g/mol. The summed E-state index contributed by atoms with van der Waals surface area (Å²) in [5, 5.41) is 12.7. The van der Waals surface area contributed by atoms with Crippen LogP contribution in [0.15, 0.2) is 18.3 Å². The standard InChI is InChI=1S/C14H20N2O2/c1-10-9-11(7-8-15-10)16-13-6-4-2-3-5-12(13)14(17)18/h7-9,12-13H,2-6H2,1H3,(H,15,16)(H,17,18). The van der Waals surface area contributed by atoms with Crippen LogP contribution in [-0.4, -0.2) is 22.1 Å². The first-order valence-corrected chi connectivity index (χ1v) is 6.59. The lowest BCUT2D eigenvalue weighted by Gasteiger charge is -2.24. The Morgan fingerprint density at radius 3 is 2.89 bits per heavy atom. The van der Waals surface area contributed by atoms with Crippen LogP contribution >= 0.6 is 0 Å². The summed E-state index contributed by atoms with van der Waals surface area (Å²) >= 11 is 0. The van der Waals surface area contributed by atoms with Crippen LogP contribution < -0.4 is 5.32 Å². The molecular formula is C14H20N2O2. The van der Waals surface area contributed by atoms with Gasteiger partial charge in [0.05, 0.1) is 5.92 Å². The number of hydrogen-bond acceptors (Lipinski definition) is 3. The molecule has 18 heavy (non-hydrogen) atoms. The van der Waals surface area contributed by atoms with Crippen molar-refractivity contribution in [2.75, 3.05) is 5.32 Å². The molecule has 0 saturated heterocycles. The van der Waals surface area contributed by atoms with E-state index in [1.165, 1.54) is 0 Å². The van der Waals surface area contributed by atoms with Crippen molar-refractivity contribution in [1.82, 2.24) is 4.98 Å². The number of nitrogens with one attached hydrogen (secondary N) is 1. The molecule has 1 fully saturated rings. The molecule has 4 heteroatoms. The minimum absolute atomic E-state index is 0.0341. The highest BCUT2D eigenvalue weighted by molar-refractivity contribution is 5.71. The van der Waals surface area contributed by atoms with E-state index in [0.717, 1.165) is 43.5 Å². The quantitative estimate of drug-likeness (QED) is 0.807. The molecule has 1 aliphatic carbocycles. The summed E-state index contributed by atoms with van der Waals surface area (Å²) in [4.78, 5) is 15.5. The SMILES string of the molecule is Cc1cc(NC2CCCCCC2C(=O)O)ccn1. The summed E-state index contributed by atoms with van der Waals surface area (Å²) in [6.07, 6.45) is 6.72. The zero-order valence-corrected chi connectivity index (χ0v) is 10.7. The molecule has 4 nitrogen and oxygen atoms in total. The Morgan fingerprint density at radius 2 is 2.17 bits per heavy atom. The minimum Gasteiger partial charge on any atom is -0.481 e. The Labute approximate surface area is 107 Å². The third-order valence-corrected chi connectivity index (χ3v) is 3.58. The van der Waals surface area contributed by atoms with E-state index in [-0.39, 0.29) is 12.0 Å². The first-order valence-electron chi connectivity index (χ1n) is 6.59. The Kier molecular flexibility index (Phi) is 4.18. The molecule has 2 atom stereocenters. The fraction of sp³-hybridized carbons (Fsp3) is 0.571. The molecule has 2 rings (SSSR count). The molecule has 0 aliphatic heterocycles. The lowest BCUT2D eigenvalue weighted by molar-refractivity contribution is -0.142. The lowest BCUT2D eigenvalue weighted by Crippen LogP contribution is -2.33. The molecular weight excluding hydrogens is 228 g/mol. The van der Waals surface area contributed by atoms with Crippen molar-refractivity contribution in [2.45, 2.75) is 45.1 Å². The number of pyridine rings is 1. The Hall–Kier alpha value is -1.58. The van der Waals surface area contributed by atoms with E-state index in [1.54, 1.807) is 6.20 Å². The summed E-state index contributed by atoms with van der Waals surface area (Å²) in [5.74, 6) is -0.957. The van der Waals surface area contributed by atoms with Crippen LogP contribution in [0.25, 0.3) is 0 Å². The summed E-state index contributed by atoms with van der Waals surface area (Å²) in [5.41, 5.74) is 1.92. The van der Waals surface area contributed by atoms with E-state index >= 15 is 0 Å². The number of hydrogen-bond donors (Lipinski definition) is 2. The number of carboxylic acids is 1. The van der Waals surface area contributed by atoms with Gasteiger partial charge < -0.3 is 10.4 Å². The Bertz CT molecular complexity index is 420. The van der Waals surface area contributed by atoms with Crippen LogP contribution in [0.1, 0.15) is 37.8 Å². The molecule has 2 unspecified atom stereocenters. The second kappa shape index (κ2) is 5.85. The second-order valence-electron chi connectivity index (χ2n) is 5.02. The van der Waals surface area contributed by atoms with Crippen LogP contribution in [0.2, 0.25) is 0 Å². The zero-order chi connectivity index (χ0) is 13.0. The number of carboxylic acid groups (broad SMARTS) is 1. The summed E-state index contributed by atoms with van der Waals surface area (Å²) < 4.78 is 0. The van der Waals surface area contributed by atoms with Crippen molar-refractivity contribution in [3.05, 3.63) is 24.0 Å². The predicted molar refractivity (Wildman–Crippen MR) is 70.6 cm³/mol. The number of carbonyl (C=O) groups is 1. The summed E-state index contributed by atoms with van der Waals surface area (Å²) in [6, 6.07) is 3.90. The molecule has 0 spiro atoms. The lowest BCUT2D eigenvalue weighted by atomic mass is 9.94. The smallest absolute Gasteiger partial charge is 0.308 e. The summed E-state index contributed by atoms with van der Waals surface area (Å²) in [6.45, 7) is 1.94. The van der Waals surface area contributed by atoms with E-state index in [0.29, 0.717) is 0 Å². The number of anilines is 1. The van der Waals surface area contributed by atoms with Crippen molar-refractivity contribution in [1.29, 1.82) is 0 Å². The topological polar surface area (TPSA) is 62.2 Å². The van der Waals surface area contributed by atoms with Gasteiger partial charge >= 0.3 is 5.97 Å². The largest absolute Gasteiger partial charge is 0.481 e. The number of aryl methyl sites for hydroxylation is 1. The third kappa shape index (κ3) is 3.22. The van der Waals surface area contributed by atoms with Gasteiger partial charge in [-0.3, -0.25) is 9.78 Å². The average Bonchev–Trinajstić information content (AvgIpc) is 2.54. The highest BCUT2D eigenvalue weighted by Gasteiger charge is 2.29. The maximum absolute atomic E-state index is 11.3. The highest BCUT2D eigenvalue weighted by Crippen LogP contribution is 2.26. The maximum Gasteiger partial charge on any atom is 0.308 e. The van der Waals surface area contributed by atoms with Crippen molar-refractivity contribution < 1.29 is 9.90 Å². The Morgan fingerprint density at radius 1 is 1.39 bits per heavy atom. The van der Waals surface area contributed by atoms with E-state index in [1.807, 2.05) is 19.1 Å². The first kappa shape index (κ1) is 12.9. The van der Waals surface area contributed by atoms with Gasteiger partial charge in [-0.2, -0.15) is 0 Å². The van der Waals surface area contributed by atoms with Gasteiger partial charge in [0.25, 0.3) is 0 Å². The van der Waals surface area contributed by atoms with E-state index < -0.39 is 5.97 Å². The van der Waals surface area contributed by atoms with Crippen LogP contribution in [0.3, 0.4) is 0 Å². The van der Waals surface area contributed by atoms with Gasteiger partial charge in [0.1, 0.15) is 0 Å². The van der Waals surface area contributed by atoms with E-state index in [9.17, 15) is 9.90 Å². The van der Waals surface area contributed by atoms with Gasteiger partial charge in [-0.25, -0.2) is 0 Å². The minimum atomic E-state index is -0.680. The second-order valence-corrected chi connectivity index (χ2v) is 5.02. The fourth-order valence-corrected chi connectivity index (χ4v) is 2.63. The number of rotatable bonds is 3. The highest BCUT2D eigenvalue weighted by atomic mass is 16.4. The van der Waals surface area contributed by atoms with Crippen molar-refractivity contribution >= 4 is 11.7 Å². The molecule has 0 amide bonds. The summed E-state index contributed by atoms with van der Waals surface area (Å²) in [7, 11) is 0. The van der Waals surface area contributed by atoms with E-state index in [2.05, 4.69) is 10.3 Å². The molecule has 1 aliphatic rings. The molecule has 1 aromatic heterocycles. The van der Waals surface area contributed by atoms with Gasteiger partial charge in [0.15, 0.2) is 0 Å². The number of nitrogens with zero attached hydrogens (tertiary/aromatic N) is 1. The third-order valence-electron chi connectivity index (χ3n) is 3.58. The van der Waals surface area contributed by atoms with Gasteiger partial charge in [-0.15, -0.1) is 0 Å². The number of aliphatic carboxylic acids is 1. The fourth-order valence-electron chi connectivity index (χ4n) is 2.63. The Balaban J connectivity index is 2.11. The normalized spacial score (nSPS) is 24.3. The van der Waals surface area contributed by atoms with Gasteiger partial charge in [-0.1, -0.05) is 19.3 Å². The first-order chi connectivity index (χ1) is 8.66. The van der Waals surface area contributed by atoms with Crippen molar-refractivity contribution in [3.63, 3.8) is 0 Å². The zero-order valence-electron chi connectivity index (χ0n) is 10.7. The van der Waals surface area contributed by atoms with Crippen molar-refractivity contribution in [2.24, 2.45) is 5.92 Å². The van der Waals surface area contributed by atoms with Gasteiger partial charge in [0, 0.05) is 23.6 Å². The maximum atomic E-state index is 11.3. The molecule has 1 saturated carbocycles. The van der Waals surface area contributed by atoms with E-state index in [4.69, 9.17) is 0 Å². The molecule has 98 valence electrons. The molecule has 1 aromatic rings. The van der Waals surface area contributed by atoms with Crippen LogP contribution in [0, 0.1) is 12.8 Å². The molecule has 0 aromatic carbocycles. The van der Waals surface area contributed by atoms with Gasteiger partial charge in [-0.05, 0) is 31.9 Å². The van der Waals surface area contributed by atoms with Crippen molar-refractivity contribution in [3.8, 4) is 0 Å². The van der Waals surface area contributed by atoms with Crippen LogP contribution in [0.4, 0.5) is 5.69 Å². The molecule has 0 radical (unpaired) electrons. The van der Waals surface area contributed by atoms with Crippen LogP contribution in [-0.2, 0) is 4.79 Å². The number of aromatic nitrogens is 1. The monoisotopic (exact) mass is 248 g/mol. The molecule has 2 N–H and O–H groups in total.